The lowest BCUT2D eigenvalue weighted by molar-refractivity contribution is -0.139. The topological polar surface area (TPSA) is 90.1 Å². The van der Waals surface area contributed by atoms with Gasteiger partial charge in [0.1, 0.15) is 17.5 Å². The highest BCUT2D eigenvalue weighted by Crippen LogP contribution is 2.36. The fraction of sp³-hybridized carbons (Fsp3) is 0.240. The van der Waals surface area contributed by atoms with Crippen molar-refractivity contribution in [3.05, 3.63) is 87.4 Å². The van der Waals surface area contributed by atoms with E-state index in [1.54, 1.807) is 32.1 Å². The maximum absolute atomic E-state index is 13.7. The number of aromatic hydroxyl groups is 1. The quantitative estimate of drug-likeness (QED) is 0.412. The molecule has 10 heteroatoms. The number of ether oxygens (including phenoxy) is 2. The minimum atomic E-state index is -0.780. The Labute approximate surface area is 222 Å². The van der Waals surface area contributed by atoms with Crippen LogP contribution in [0.25, 0.3) is 6.08 Å². The van der Waals surface area contributed by atoms with Crippen molar-refractivity contribution >= 4 is 55.2 Å². The molecule has 0 saturated carbocycles. The molecule has 1 atom stereocenters. The van der Waals surface area contributed by atoms with Crippen LogP contribution in [-0.2, 0) is 9.53 Å². The lowest BCUT2D eigenvalue weighted by Crippen LogP contribution is -2.40. The number of hydrogen-bond donors (Lipinski definition) is 1. The first kappa shape index (κ1) is 25.4. The predicted molar refractivity (Wildman–Crippen MR) is 142 cm³/mol. The van der Waals surface area contributed by atoms with Crippen LogP contribution in [0.4, 0.5) is 0 Å². The first-order valence-corrected chi connectivity index (χ1v) is 13.3. The van der Waals surface area contributed by atoms with Gasteiger partial charge in [0.05, 0.1) is 33.5 Å². The highest BCUT2D eigenvalue weighted by Gasteiger charge is 2.35. The number of para-hydroxylation sites is 1. The van der Waals surface area contributed by atoms with Crippen molar-refractivity contribution in [1.29, 1.82) is 0 Å². The molecule has 182 valence electrons. The van der Waals surface area contributed by atoms with Crippen molar-refractivity contribution < 1.29 is 19.4 Å². The maximum Gasteiger partial charge on any atom is 0.338 e. The molecule has 1 N–H and O–H groups in total. The van der Waals surface area contributed by atoms with E-state index in [1.807, 2.05) is 31.2 Å². The zero-order valence-electron chi connectivity index (χ0n) is 19.2. The van der Waals surface area contributed by atoms with Gasteiger partial charge in [-0.3, -0.25) is 9.36 Å². The van der Waals surface area contributed by atoms with Crippen LogP contribution in [0.3, 0.4) is 0 Å². The predicted octanol–water partition coefficient (Wildman–Crippen LogP) is 4.43. The summed E-state index contributed by atoms with van der Waals surface area (Å²) in [6.45, 7) is 5.95. The van der Waals surface area contributed by atoms with Crippen LogP contribution in [0.2, 0.25) is 0 Å². The van der Waals surface area contributed by atoms with E-state index >= 15 is 0 Å². The molecule has 0 spiro atoms. The van der Waals surface area contributed by atoms with Gasteiger partial charge in [-0.15, -0.1) is 0 Å². The zero-order chi connectivity index (χ0) is 25.3. The van der Waals surface area contributed by atoms with Crippen LogP contribution < -0.4 is 19.6 Å². The molecule has 0 unspecified atom stereocenters. The zero-order valence-corrected chi connectivity index (χ0v) is 23.2. The van der Waals surface area contributed by atoms with Crippen LogP contribution in [0.15, 0.2) is 66.4 Å². The Bertz CT molecular complexity index is 1520. The fourth-order valence-corrected chi connectivity index (χ4v) is 6.21. The molecule has 0 aliphatic carbocycles. The minimum Gasteiger partial charge on any atom is -0.506 e. The van der Waals surface area contributed by atoms with Gasteiger partial charge in [0.25, 0.3) is 5.56 Å². The average Bonchev–Trinajstić information content (AvgIpc) is 3.11. The molecule has 0 saturated heterocycles. The Kier molecular flexibility index (Phi) is 7.63. The number of hydrogen-bond acceptors (Lipinski definition) is 7. The van der Waals surface area contributed by atoms with Gasteiger partial charge in [0.15, 0.2) is 4.80 Å². The largest absolute Gasteiger partial charge is 0.506 e. The first-order chi connectivity index (χ1) is 16.8. The molecule has 2 aromatic carbocycles. The monoisotopic (exact) mass is 620 g/mol. The number of rotatable bonds is 6. The molecular weight excluding hydrogens is 600 g/mol. The fourth-order valence-electron chi connectivity index (χ4n) is 3.92. The van der Waals surface area contributed by atoms with Crippen LogP contribution in [0, 0.1) is 0 Å². The highest BCUT2D eigenvalue weighted by atomic mass is 79.9. The molecule has 0 bridgehead atoms. The third-order valence-corrected chi connectivity index (χ3v) is 7.42. The van der Waals surface area contributed by atoms with Crippen molar-refractivity contribution in [3.63, 3.8) is 0 Å². The van der Waals surface area contributed by atoms with Crippen LogP contribution in [0.5, 0.6) is 11.5 Å². The van der Waals surface area contributed by atoms with Gasteiger partial charge in [0.2, 0.25) is 0 Å². The summed E-state index contributed by atoms with van der Waals surface area (Å²) in [5.74, 6) is 0.0493. The normalized spacial score (nSPS) is 15.6. The van der Waals surface area contributed by atoms with Gasteiger partial charge in [0, 0.05) is 15.6 Å². The Morgan fingerprint density at radius 2 is 1.97 bits per heavy atom. The lowest BCUT2D eigenvalue weighted by atomic mass is 9.95. The van der Waals surface area contributed by atoms with Gasteiger partial charge in [-0.25, -0.2) is 9.79 Å². The number of phenols is 1. The number of esters is 1. The Balaban J connectivity index is 2.01. The van der Waals surface area contributed by atoms with Crippen molar-refractivity contribution in [1.82, 2.24) is 4.57 Å². The summed E-state index contributed by atoms with van der Waals surface area (Å²) in [5.41, 5.74) is 1.54. The third kappa shape index (κ3) is 4.87. The molecule has 1 aliphatic rings. The second-order valence-corrected chi connectivity index (χ2v) is 10.4. The van der Waals surface area contributed by atoms with Crippen LogP contribution in [-0.4, -0.2) is 28.9 Å². The van der Waals surface area contributed by atoms with Gasteiger partial charge >= 0.3 is 5.97 Å². The minimum absolute atomic E-state index is 0.0145. The van der Waals surface area contributed by atoms with Gasteiger partial charge in [-0.2, -0.15) is 0 Å². The first-order valence-electron chi connectivity index (χ1n) is 10.9. The highest BCUT2D eigenvalue weighted by molar-refractivity contribution is 9.11. The number of carbonyl (C=O) groups excluding carboxylic acids is 1. The van der Waals surface area contributed by atoms with Crippen LogP contribution in [0.1, 0.15) is 37.9 Å². The molecule has 0 amide bonds. The molecule has 0 fully saturated rings. The maximum atomic E-state index is 13.7. The Hall–Kier alpha value is -2.69. The smallest absolute Gasteiger partial charge is 0.338 e. The number of aromatic nitrogens is 1. The number of allylic oxidation sites excluding steroid dienone is 1. The summed E-state index contributed by atoms with van der Waals surface area (Å²) in [5, 5.41) is 10.5. The van der Waals surface area contributed by atoms with Gasteiger partial charge < -0.3 is 14.6 Å². The standard InChI is InChI=1S/C25H22Br2N2O5S/c1-4-33-18-9-7-6-8-16(18)21-20(24(32)34-5-2)13(3)28-25-29(21)23(31)19(35-25)11-14-10-15(26)12-17(27)22(14)30/h6-12,21,30H,4-5H2,1-3H3/b19-11-/t21-/m0/s1. The van der Waals surface area contributed by atoms with Crippen molar-refractivity contribution in [2.75, 3.05) is 13.2 Å². The number of halogens is 2. The lowest BCUT2D eigenvalue weighted by Gasteiger charge is -2.26. The average molecular weight is 622 g/mol. The summed E-state index contributed by atoms with van der Waals surface area (Å²) in [7, 11) is 0. The van der Waals surface area contributed by atoms with Crippen molar-refractivity contribution in [2.45, 2.75) is 26.8 Å². The number of phenolic OH excluding ortho intramolecular Hbond substituents is 1. The summed E-state index contributed by atoms with van der Waals surface area (Å²) >= 11 is 7.92. The Morgan fingerprint density at radius 3 is 2.69 bits per heavy atom. The van der Waals surface area contributed by atoms with E-state index in [1.165, 1.54) is 15.9 Å². The van der Waals surface area contributed by atoms with E-state index in [-0.39, 0.29) is 23.5 Å². The van der Waals surface area contributed by atoms with Crippen molar-refractivity contribution in [2.24, 2.45) is 4.99 Å². The molecule has 2 heterocycles. The van der Waals surface area contributed by atoms with Gasteiger partial charge in [-0.1, -0.05) is 45.5 Å². The molecular formula is C25H22Br2N2O5S. The molecule has 0 radical (unpaired) electrons. The third-order valence-electron chi connectivity index (χ3n) is 5.37. The Morgan fingerprint density at radius 1 is 1.23 bits per heavy atom. The summed E-state index contributed by atoms with van der Waals surface area (Å²) in [6.07, 6.45) is 1.61. The molecule has 1 aromatic heterocycles. The molecule has 7 nitrogen and oxygen atoms in total. The van der Waals surface area contributed by atoms with Gasteiger partial charge in [-0.05, 0) is 61.0 Å². The number of nitrogens with zero attached hydrogens (tertiary/aromatic N) is 2. The second-order valence-electron chi connectivity index (χ2n) is 7.60. The second kappa shape index (κ2) is 10.5. The molecule has 3 aromatic rings. The number of fused-ring (bicyclic) bond motifs is 1. The van der Waals surface area contributed by atoms with Crippen molar-refractivity contribution in [3.8, 4) is 11.5 Å². The van der Waals surface area contributed by atoms with E-state index in [2.05, 4.69) is 36.9 Å². The SMILES string of the molecule is CCOC(=O)C1=C(C)N=c2s/c(=C\c3cc(Br)cc(Br)c3O)c(=O)n2[C@H]1c1ccccc1OCC. The molecule has 1 aliphatic heterocycles. The summed E-state index contributed by atoms with van der Waals surface area (Å²) in [4.78, 5) is 31.8. The molecule has 4 rings (SSSR count). The van der Waals surface area contributed by atoms with E-state index in [0.717, 1.165) is 4.47 Å². The number of benzene rings is 2. The van der Waals surface area contributed by atoms with E-state index in [9.17, 15) is 14.7 Å². The van der Waals surface area contributed by atoms with E-state index in [4.69, 9.17) is 9.47 Å². The van der Waals surface area contributed by atoms with E-state index in [0.29, 0.717) is 43.0 Å². The molecule has 35 heavy (non-hydrogen) atoms. The number of thiazole rings is 1. The number of carbonyl (C=O) groups is 1. The summed E-state index contributed by atoms with van der Waals surface area (Å²) in [6, 6.07) is 9.98. The van der Waals surface area contributed by atoms with E-state index < -0.39 is 12.0 Å². The van der Waals surface area contributed by atoms with Crippen LogP contribution >= 0.6 is 43.2 Å². The summed E-state index contributed by atoms with van der Waals surface area (Å²) < 4.78 is 14.3.